The van der Waals surface area contributed by atoms with Crippen molar-refractivity contribution < 1.29 is 0 Å². The van der Waals surface area contributed by atoms with Gasteiger partial charge < -0.3 is 10.2 Å². The van der Waals surface area contributed by atoms with Gasteiger partial charge in [0, 0.05) is 25.4 Å². The van der Waals surface area contributed by atoms with Crippen LogP contribution in [-0.4, -0.2) is 34.8 Å². The smallest absolute Gasteiger partial charge is 0.191 e. The maximum Gasteiger partial charge on any atom is 0.191 e. The summed E-state index contributed by atoms with van der Waals surface area (Å²) in [6.45, 7) is 5.62. The maximum atomic E-state index is 4.56. The Bertz CT molecular complexity index is 602. The molecule has 21 heavy (non-hydrogen) atoms. The molecule has 0 aliphatic carbocycles. The zero-order chi connectivity index (χ0) is 15.2. The standard InChI is InChI=1S/C15H21N5S/c1-5-16-13-9-14(19-15(18-13)21-4)20(3)10-12-8-6-7-11(2)17-12/h6-9H,5,10H2,1-4H3,(H,16,18,19). The molecule has 2 heterocycles. The number of hydrogen-bond donors (Lipinski definition) is 1. The molecule has 112 valence electrons. The molecule has 0 atom stereocenters. The molecule has 0 bridgehead atoms. The van der Waals surface area contributed by atoms with Crippen LogP contribution in [-0.2, 0) is 6.54 Å². The van der Waals surface area contributed by atoms with Crippen molar-refractivity contribution in [3.05, 3.63) is 35.7 Å². The molecule has 1 N–H and O–H groups in total. The topological polar surface area (TPSA) is 53.9 Å². The van der Waals surface area contributed by atoms with Crippen LogP contribution >= 0.6 is 11.8 Å². The summed E-state index contributed by atoms with van der Waals surface area (Å²) in [5.74, 6) is 1.75. The van der Waals surface area contributed by atoms with Gasteiger partial charge in [0.05, 0.1) is 12.2 Å². The fourth-order valence-electron chi connectivity index (χ4n) is 1.98. The highest BCUT2D eigenvalue weighted by molar-refractivity contribution is 7.98. The first-order valence-electron chi connectivity index (χ1n) is 6.93. The van der Waals surface area contributed by atoms with Crippen LogP contribution in [0.1, 0.15) is 18.3 Å². The highest BCUT2D eigenvalue weighted by Crippen LogP contribution is 2.20. The molecule has 0 spiro atoms. The molecule has 0 saturated heterocycles. The number of thioether (sulfide) groups is 1. The molecule has 0 aromatic carbocycles. The Morgan fingerprint density at radius 2 is 2.05 bits per heavy atom. The quantitative estimate of drug-likeness (QED) is 0.654. The van der Waals surface area contributed by atoms with Gasteiger partial charge in [-0.25, -0.2) is 9.97 Å². The van der Waals surface area contributed by atoms with Crippen molar-refractivity contribution >= 4 is 23.4 Å². The Kier molecular flexibility index (Phi) is 5.38. The number of aromatic nitrogens is 3. The lowest BCUT2D eigenvalue weighted by Crippen LogP contribution is -2.19. The van der Waals surface area contributed by atoms with Crippen LogP contribution in [0.2, 0.25) is 0 Å². The number of anilines is 2. The third-order valence-electron chi connectivity index (χ3n) is 2.97. The molecule has 0 amide bonds. The van der Waals surface area contributed by atoms with Gasteiger partial charge in [-0.15, -0.1) is 0 Å². The van der Waals surface area contributed by atoms with E-state index in [0.29, 0.717) is 0 Å². The van der Waals surface area contributed by atoms with E-state index in [2.05, 4.69) is 32.1 Å². The van der Waals surface area contributed by atoms with Crippen LogP contribution in [0.3, 0.4) is 0 Å². The normalized spacial score (nSPS) is 10.5. The molecule has 0 saturated carbocycles. The second kappa shape index (κ2) is 7.26. The zero-order valence-corrected chi connectivity index (χ0v) is 13.7. The highest BCUT2D eigenvalue weighted by Gasteiger charge is 2.09. The molecule has 2 rings (SSSR count). The third kappa shape index (κ3) is 4.32. The second-order valence-corrected chi connectivity index (χ2v) is 5.53. The lowest BCUT2D eigenvalue weighted by molar-refractivity contribution is 0.832. The Hall–Kier alpha value is -1.82. The van der Waals surface area contributed by atoms with E-state index in [4.69, 9.17) is 0 Å². The minimum absolute atomic E-state index is 0.720. The largest absolute Gasteiger partial charge is 0.370 e. The van der Waals surface area contributed by atoms with Crippen molar-refractivity contribution in [1.29, 1.82) is 0 Å². The number of nitrogens with zero attached hydrogens (tertiary/aromatic N) is 4. The number of pyridine rings is 1. The molecular weight excluding hydrogens is 282 g/mol. The average molecular weight is 303 g/mol. The highest BCUT2D eigenvalue weighted by atomic mass is 32.2. The molecule has 0 aliphatic heterocycles. The Balaban J connectivity index is 2.21. The zero-order valence-electron chi connectivity index (χ0n) is 12.9. The van der Waals surface area contributed by atoms with Gasteiger partial charge in [-0.1, -0.05) is 17.8 Å². The summed E-state index contributed by atoms with van der Waals surface area (Å²) in [5, 5.41) is 4.01. The minimum atomic E-state index is 0.720. The van der Waals surface area contributed by atoms with Crippen LogP contribution in [0.15, 0.2) is 29.4 Å². The monoisotopic (exact) mass is 303 g/mol. The first-order chi connectivity index (χ1) is 10.1. The van der Waals surface area contributed by atoms with E-state index in [0.717, 1.165) is 41.3 Å². The van der Waals surface area contributed by atoms with Crippen LogP contribution in [0, 0.1) is 6.92 Å². The number of hydrogen-bond acceptors (Lipinski definition) is 6. The predicted molar refractivity (Wildman–Crippen MR) is 89.1 cm³/mol. The van der Waals surface area contributed by atoms with Crippen LogP contribution in [0.5, 0.6) is 0 Å². The molecule has 0 unspecified atom stereocenters. The van der Waals surface area contributed by atoms with E-state index in [-0.39, 0.29) is 0 Å². The van der Waals surface area contributed by atoms with E-state index in [1.54, 1.807) is 11.8 Å². The minimum Gasteiger partial charge on any atom is -0.370 e. The molecule has 0 fully saturated rings. The Morgan fingerprint density at radius 3 is 2.71 bits per heavy atom. The van der Waals surface area contributed by atoms with E-state index in [1.807, 2.05) is 44.5 Å². The molecular formula is C15H21N5S. The molecule has 0 aliphatic rings. The molecule has 2 aromatic rings. The second-order valence-electron chi connectivity index (χ2n) is 4.75. The summed E-state index contributed by atoms with van der Waals surface area (Å²) in [4.78, 5) is 15.6. The van der Waals surface area contributed by atoms with E-state index >= 15 is 0 Å². The summed E-state index contributed by atoms with van der Waals surface area (Å²) in [5.41, 5.74) is 2.06. The van der Waals surface area contributed by atoms with Gasteiger partial charge in [0.2, 0.25) is 0 Å². The lowest BCUT2D eigenvalue weighted by Gasteiger charge is -2.19. The summed E-state index contributed by atoms with van der Waals surface area (Å²) >= 11 is 1.54. The van der Waals surface area contributed by atoms with Gasteiger partial charge in [-0.05, 0) is 32.2 Å². The van der Waals surface area contributed by atoms with E-state index in [1.165, 1.54) is 0 Å². The first-order valence-corrected chi connectivity index (χ1v) is 8.15. The third-order valence-corrected chi connectivity index (χ3v) is 3.52. The average Bonchev–Trinajstić information content (AvgIpc) is 2.47. The fraction of sp³-hybridized carbons (Fsp3) is 0.400. The maximum absolute atomic E-state index is 4.56. The summed E-state index contributed by atoms with van der Waals surface area (Å²) < 4.78 is 0. The van der Waals surface area contributed by atoms with Crippen molar-refractivity contribution in [2.24, 2.45) is 0 Å². The van der Waals surface area contributed by atoms with Gasteiger partial charge in [0.25, 0.3) is 0 Å². The summed E-state index contributed by atoms with van der Waals surface area (Å²) in [7, 11) is 2.02. The van der Waals surface area contributed by atoms with Gasteiger partial charge in [-0.3, -0.25) is 4.98 Å². The van der Waals surface area contributed by atoms with Crippen molar-refractivity contribution in [2.75, 3.05) is 30.1 Å². The molecule has 6 heteroatoms. The number of rotatable bonds is 6. The summed E-state index contributed by atoms with van der Waals surface area (Å²) in [6.07, 6.45) is 1.98. The van der Waals surface area contributed by atoms with Crippen LogP contribution in [0.25, 0.3) is 0 Å². The predicted octanol–water partition coefficient (Wildman–Crippen LogP) is 2.97. The van der Waals surface area contributed by atoms with Gasteiger partial charge in [0.15, 0.2) is 5.16 Å². The van der Waals surface area contributed by atoms with Crippen LogP contribution < -0.4 is 10.2 Å². The first kappa shape index (κ1) is 15.6. The number of nitrogens with one attached hydrogen (secondary N) is 1. The van der Waals surface area contributed by atoms with Gasteiger partial charge in [-0.2, -0.15) is 0 Å². The fourth-order valence-corrected chi connectivity index (χ4v) is 2.36. The molecule has 0 radical (unpaired) electrons. The van der Waals surface area contributed by atoms with Gasteiger partial charge >= 0.3 is 0 Å². The van der Waals surface area contributed by atoms with Crippen molar-refractivity contribution in [1.82, 2.24) is 15.0 Å². The van der Waals surface area contributed by atoms with Crippen molar-refractivity contribution in [2.45, 2.75) is 25.5 Å². The van der Waals surface area contributed by atoms with E-state index < -0.39 is 0 Å². The van der Waals surface area contributed by atoms with Crippen molar-refractivity contribution in [3.8, 4) is 0 Å². The van der Waals surface area contributed by atoms with Crippen LogP contribution in [0.4, 0.5) is 11.6 Å². The Labute approximate surface area is 130 Å². The SMILES string of the molecule is CCNc1cc(N(C)Cc2cccc(C)n2)nc(SC)n1. The molecule has 2 aromatic heterocycles. The van der Waals surface area contributed by atoms with Crippen molar-refractivity contribution in [3.63, 3.8) is 0 Å². The van der Waals surface area contributed by atoms with E-state index in [9.17, 15) is 0 Å². The lowest BCUT2D eigenvalue weighted by atomic mass is 10.3. The van der Waals surface area contributed by atoms with Gasteiger partial charge in [0.1, 0.15) is 11.6 Å². The molecule has 5 nitrogen and oxygen atoms in total. The summed E-state index contributed by atoms with van der Waals surface area (Å²) in [6, 6.07) is 8.04. The Morgan fingerprint density at radius 1 is 1.24 bits per heavy atom. The number of aryl methyl sites for hydroxylation is 1.